The lowest BCUT2D eigenvalue weighted by molar-refractivity contribution is -0.117. The Hall–Kier alpha value is -2.64. The van der Waals surface area contributed by atoms with Gasteiger partial charge in [-0.2, -0.15) is 10.2 Å². The molecular weight excluding hydrogens is 284 g/mol. The fourth-order valence-electron chi connectivity index (χ4n) is 2.21. The molecule has 8 nitrogen and oxygen atoms in total. The van der Waals surface area contributed by atoms with Crippen LogP contribution < -0.4 is 10.6 Å². The summed E-state index contributed by atoms with van der Waals surface area (Å²) in [5.74, 6) is -0.254. The summed E-state index contributed by atoms with van der Waals surface area (Å²) in [5, 5.41) is 13.7. The minimum Gasteiger partial charge on any atom is -0.346 e. The topological polar surface area (TPSA) is 93.8 Å². The van der Waals surface area contributed by atoms with Gasteiger partial charge in [0.25, 0.3) is 5.91 Å². The molecule has 22 heavy (non-hydrogen) atoms. The van der Waals surface area contributed by atoms with Crippen LogP contribution in [0.2, 0.25) is 0 Å². The molecule has 1 aliphatic carbocycles. The van der Waals surface area contributed by atoms with Crippen LogP contribution in [0.4, 0.5) is 5.69 Å². The highest BCUT2D eigenvalue weighted by atomic mass is 16.2. The van der Waals surface area contributed by atoms with Crippen LogP contribution in [0.3, 0.4) is 0 Å². The molecule has 0 spiro atoms. The van der Waals surface area contributed by atoms with E-state index in [0.29, 0.717) is 17.9 Å². The van der Waals surface area contributed by atoms with Crippen molar-refractivity contribution in [2.45, 2.75) is 19.4 Å². The Morgan fingerprint density at radius 1 is 1.27 bits per heavy atom. The van der Waals surface area contributed by atoms with Crippen molar-refractivity contribution in [2.75, 3.05) is 5.32 Å². The summed E-state index contributed by atoms with van der Waals surface area (Å²) in [6.07, 6.45) is 6.85. The van der Waals surface area contributed by atoms with Gasteiger partial charge in [0.15, 0.2) is 0 Å². The third-order valence-electron chi connectivity index (χ3n) is 3.57. The number of carbonyl (C=O) groups is 2. The number of hydrogen-bond donors (Lipinski definition) is 2. The molecule has 1 fully saturated rings. The molecular formula is C14H18N6O2. The van der Waals surface area contributed by atoms with Crippen molar-refractivity contribution in [1.29, 1.82) is 0 Å². The summed E-state index contributed by atoms with van der Waals surface area (Å²) >= 11 is 0. The fraction of sp³-hybridized carbons (Fsp3) is 0.429. The van der Waals surface area contributed by atoms with Gasteiger partial charge in [-0.05, 0) is 12.8 Å². The quantitative estimate of drug-likeness (QED) is 0.837. The summed E-state index contributed by atoms with van der Waals surface area (Å²) in [7, 11) is 3.49. The standard InChI is InChI=1S/C14H18N6O2/c1-19-8-9(6-16-19)5-15-14(22)12-11(7-17-20(12)2)18-13(21)10-3-4-10/h6-8,10H,3-5H2,1-2H3,(H,15,22)(H,18,21). The van der Waals surface area contributed by atoms with E-state index < -0.39 is 0 Å². The lowest BCUT2D eigenvalue weighted by Crippen LogP contribution is -2.27. The summed E-state index contributed by atoms with van der Waals surface area (Å²) in [5.41, 5.74) is 1.70. The van der Waals surface area contributed by atoms with Crippen molar-refractivity contribution in [3.8, 4) is 0 Å². The van der Waals surface area contributed by atoms with E-state index in [1.165, 1.54) is 10.9 Å². The summed E-state index contributed by atoms with van der Waals surface area (Å²) in [4.78, 5) is 24.2. The van der Waals surface area contributed by atoms with Gasteiger partial charge in [-0.3, -0.25) is 19.0 Å². The monoisotopic (exact) mass is 302 g/mol. The number of aryl methyl sites for hydroxylation is 2. The fourth-order valence-corrected chi connectivity index (χ4v) is 2.21. The highest BCUT2D eigenvalue weighted by Crippen LogP contribution is 2.30. The van der Waals surface area contributed by atoms with Gasteiger partial charge in [-0.25, -0.2) is 0 Å². The van der Waals surface area contributed by atoms with Gasteiger partial charge < -0.3 is 10.6 Å². The van der Waals surface area contributed by atoms with E-state index in [-0.39, 0.29) is 17.7 Å². The summed E-state index contributed by atoms with van der Waals surface area (Å²) in [6.45, 7) is 0.369. The maximum Gasteiger partial charge on any atom is 0.271 e. The maximum atomic E-state index is 12.3. The number of aromatic nitrogens is 4. The Morgan fingerprint density at radius 2 is 2.05 bits per heavy atom. The van der Waals surface area contributed by atoms with Gasteiger partial charge >= 0.3 is 0 Å². The lowest BCUT2D eigenvalue weighted by atomic mass is 10.3. The number of nitrogens with one attached hydrogen (secondary N) is 2. The van der Waals surface area contributed by atoms with Crippen LogP contribution in [0.25, 0.3) is 0 Å². The van der Waals surface area contributed by atoms with Crippen molar-refractivity contribution in [3.63, 3.8) is 0 Å². The molecule has 1 saturated carbocycles. The molecule has 0 bridgehead atoms. The number of rotatable bonds is 5. The number of anilines is 1. The number of nitrogens with zero attached hydrogens (tertiary/aromatic N) is 4. The average molecular weight is 302 g/mol. The molecule has 2 amide bonds. The van der Waals surface area contributed by atoms with Gasteiger partial charge in [0.1, 0.15) is 5.69 Å². The highest BCUT2D eigenvalue weighted by molar-refractivity contribution is 6.03. The Balaban J connectivity index is 1.68. The van der Waals surface area contributed by atoms with Crippen LogP contribution in [0, 0.1) is 5.92 Å². The van der Waals surface area contributed by atoms with Gasteiger partial charge in [0.05, 0.1) is 18.1 Å². The predicted octanol–water partition coefficient (Wildman–Crippen LogP) is 0.432. The number of amides is 2. The van der Waals surface area contributed by atoms with E-state index >= 15 is 0 Å². The zero-order valence-corrected chi connectivity index (χ0v) is 12.5. The largest absolute Gasteiger partial charge is 0.346 e. The van der Waals surface area contributed by atoms with Gasteiger partial charge in [-0.15, -0.1) is 0 Å². The Morgan fingerprint density at radius 3 is 2.68 bits per heavy atom. The molecule has 2 heterocycles. The zero-order valence-electron chi connectivity index (χ0n) is 12.5. The highest BCUT2D eigenvalue weighted by Gasteiger charge is 2.31. The van der Waals surface area contributed by atoms with Gasteiger partial charge in [0, 0.05) is 38.3 Å². The van der Waals surface area contributed by atoms with Crippen LogP contribution in [0.1, 0.15) is 28.9 Å². The van der Waals surface area contributed by atoms with Crippen LogP contribution >= 0.6 is 0 Å². The van der Waals surface area contributed by atoms with Crippen molar-refractivity contribution < 1.29 is 9.59 Å². The maximum absolute atomic E-state index is 12.3. The molecule has 1 aliphatic rings. The normalized spacial score (nSPS) is 13.9. The van der Waals surface area contributed by atoms with E-state index in [1.54, 1.807) is 17.9 Å². The van der Waals surface area contributed by atoms with E-state index in [2.05, 4.69) is 20.8 Å². The minimum absolute atomic E-state index is 0.0469. The third kappa shape index (κ3) is 3.00. The van der Waals surface area contributed by atoms with Crippen molar-refractivity contribution in [3.05, 3.63) is 29.8 Å². The Labute approximate surface area is 127 Å². The molecule has 8 heteroatoms. The summed E-state index contributed by atoms with van der Waals surface area (Å²) in [6, 6.07) is 0. The van der Waals surface area contributed by atoms with Crippen LogP contribution in [-0.2, 0) is 25.4 Å². The van der Waals surface area contributed by atoms with Crippen LogP contribution in [0.15, 0.2) is 18.6 Å². The van der Waals surface area contributed by atoms with E-state index in [9.17, 15) is 9.59 Å². The summed E-state index contributed by atoms with van der Waals surface area (Å²) < 4.78 is 3.13. The van der Waals surface area contributed by atoms with Crippen LogP contribution in [-0.4, -0.2) is 31.4 Å². The van der Waals surface area contributed by atoms with Crippen molar-refractivity contribution in [2.24, 2.45) is 20.0 Å². The average Bonchev–Trinajstić information content (AvgIpc) is 3.17. The first-order valence-corrected chi connectivity index (χ1v) is 7.13. The second-order valence-corrected chi connectivity index (χ2v) is 5.50. The molecule has 0 aromatic carbocycles. The Kier molecular flexibility index (Phi) is 3.66. The molecule has 116 valence electrons. The van der Waals surface area contributed by atoms with Gasteiger partial charge in [0.2, 0.25) is 5.91 Å². The van der Waals surface area contributed by atoms with E-state index in [4.69, 9.17) is 0 Å². The Bertz CT molecular complexity index is 713. The molecule has 3 rings (SSSR count). The predicted molar refractivity (Wildman–Crippen MR) is 78.9 cm³/mol. The minimum atomic E-state index is -0.282. The molecule has 0 aliphatic heterocycles. The second kappa shape index (κ2) is 5.63. The van der Waals surface area contributed by atoms with Gasteiger partial charge in [-0.1, -0.05) is 0 Å². The smallest absolute Gasteiger partial charge is 0.271 e. The first kappa shape index (κ1) is 14.3. The third-order valence-corrected chi connectivity index (χ3v) is 3.57. The molecule has 0 atom stereocenters. The molecule has 2 N–H and O–H groups in total. The van der Waals surface area contributed by atoms with Crippen molar-refractivity contribution in [1.82, 2.24) is 24.9 Å². The van der Waals surface area contributed by atoms with Crippen LogP contribution in [0.5, 0.6) is 0 Å². The molecule has 0 radical (unpaired) electrons. The van der Waals surface area contributed by atoms with E-state index in [0.717, 1.165) is 18.4 Å². The first-order valence-electron chi connectivity index (χ1n) is 7.13. The molecule has 0 saturated heterocycles. The molecule has 0 unspecified atom stereocenters. The second-order valence-electron chi connectivity index (χ2n) is 5.50. The molecule has 2 aromatic heterocycles. The molecule has 2 aromatic rings. The number of hydrogen-bond acceptors (Lipinski definition) is 4. The SMILES string of the molecule is Cn1cc(CNC(=O)c2c(NC(=O)C3CC3)cnn2C)cn1. The lowest BCUT2D eigenvalue weighted by Gasteiger charge is -2.08. The van der Waals surface area contributed by atoms with Crippen molar-refractivity contribution >= 4 is 17.5 Å². The zero-order chi connectivity index (χ0) is 15.7. The van der Waals surface area contributed by atoms with E-state index in [1.807, 2.05) is 13.2 Å². The first-order chi connectivity index (χ1) is 10.5. The number of carbonyl (C=O) groups excluding carboxylic acids is 2.